The third-order valence-corrected chi connectivity index (χ3v) is 11.8. The number of amides is 2. The van der Waals surface area contributed by atoms with Gasteiger partial charge in [0.25, 0.3) is 0 Å². The third-order valence-electron chi connectivity index (χ3n) is 11.8. The molecule has 48 heavy (non-hydrogen) atoms. The van der Waals surface area contributed by atoms with Gasteiger partial charge in [-0.05, 0) is 70.5 Å². The number of piperidine rings is 1. The number of hydrogen-bond acceptors (Lipinski definition) is 3. The zero-order valence-electron chi connectivity index (χ0n) is 32.9. The van der Waals surface area contributed by atoms with Crippen LogP contribution in [0.2, 0.25) is 0 Å². The number of hydrogen-bond donors (Lipinski definition) is 1. The first-order chi connectivity index (χ1) is 23.5. The fourth-order valence-electron chi connectivity index (χ4n) is 8.55. The second kappa shape index (κ2) is 28.6. The number of nitrogens with one attached hydrogen (secondary N) is 1. The maximum atomic E-state index is 14.7. The summed E-state index contributed by atoms with van der Waals surface area (Å²) in [5.41, 5.74) is 0. The highest BCUT2D eigenvalue weighted by Gasteiger charge is 2.41. The van der Waals surface area contributed by atoms with Crippen molar-refractivity contribution in [3.8, 4) is 0 Å². The number of nitrogens with zero attached hydrogens (tertiary/aromatic N) is 2. The standard InChI is InChI=1S/C43H83N3O2/c1-5-9-12-15-16-17-18-21-28-33-41(47)46(40(31-26-19-13-10-6-2)32-27-20-14-11-7-3)42(38-34-36-45(8-4)37-35-38)43(48)44-39-29-24-22-23-25-30-39/h38-40,42H,5-37H2,1-4H3,(H,44,48). The lowest BCUT2D eigenvalue weighted by atomic mass is 9.85. The predicted octanol–water partition coefficient (Wildman–Crippen LogP) is 11.8. The minimum atomic E-state index is -0.311. The Labute approximate surface area is 299 Å². The molecule has 2 fully saturated rings. The van der Waals surface area contributed by atoms with Crippen molar-refractivity contribution >= 4 is 11.8 Å². The van der Waals surface area contributed by atoms with Gasteiger partial charge in [0, 0.05) is 18.5 Å². The van der Waals surface area contributed by atoms with Crippen molar-refractivity contribution < 1.29 is 9.59 Å². The van der Waals surface area contributed by atoms with Gasteiger partial charge in [-0.15, -0.1) is 0 Å². The van der Waals surface area contributed by atoms with E-state index >= 15 is 0 Å². The molecule has 1 saturated heterocycles. The molecule has 0 aromatic carbocycles. The average Bonchev–Trinajstić information content (AvgIpc) is 3.37. The lowest BCUT2D eigenvalue weighted by molar-refractivity contribution is -0.147. The minimum absolute atomic E-state index is 0.180. The van der Waals surface area contributed by atoms with E-state index in [2.05, 4.69) is 42.8 Å². The summed E-state index contributed by atoms with van der Waals surface area (Å²) < 4.78 is 0. The molecule has 1 aliphatic heterocycles. The number of rotatable bonds is 28. The minimum Gasteiger partial charge on any atom is -0.352 e. The molecular weight excluding hydrogens is 590 g/mol. The van der Waals surface area contributed by atoms with E-state index in [9.17, 15) is 9.59 Å². The molecule has 2 rings (SSSR count). The molecule has 1 N–H and O–H groups in total. The average molecular weight is 674 g/mol. The van der Waals surface area contributed by atoms with E-state index in [1.54, 1.807) is 0 Å². The molecule has 282 valence electrons. The van der Waals surface area contributed by atoms with Crippen LogP contribution in [0, 0.1) is 5.92 Å². The Morgan fingerprint density at radius 3 is 1.54 bits per heavy atom. The Hall–Kier alpha value is -1.10. The van der Waals surface area contributed by atoms with Crippen LogP contribution in [-0.4, -0.2) is 59.4 Å². The lowest BCUT2D eigenvalue weighted by Crippen LogP contribution is -2.59. The predicted molar refractivity (Wildman–Crippen MR) is 207 cm³/mol. The third kappa shape index (κ3) is 18.2. The summed E-state index contributed by atoms with van der Waals surface area (Å²) in [4.78, 5) is 34.1. The lowest BCUT2D eigenvalue weighted by Gasteiger charge is -2.44. The molecular formula is C43H83N3O2. The van der Waals surface area contributed by atoms with Gasteiger partial charge in [0.2, 0.25) is 11.8 Å². The van der Waals surface area contributed by atoms with Crippen molar-refractivity contribution in [2.24, 2.45) is 5.92 Å². The Bertz CT molecular complexity index is 758. The second-order valence-electron chi connectivity index (χ2n) is 15.9. The molecule has 1 unspecified atom stereocenters. The largest absolute Gasteiger partial charge is 0.352 e. The smallest absolute Gasteiger partial charge is 0.243 e. The van der Waals surface area contributed by atoms with Gasteiger partial charge in [0.15, 0.2) is 0 Å². The van der Waals surface area contributed by atoms with Crippen LogP contribution in [0.1, 0.15) is 220 Å². The molecule has 2 amide bonds. The summed E-state index contributed by atoms with van der Waals surface area (Å²) in [6, 6.07) is 0.150. The van der Waals surface area contributed by atoms with Gasteiger partial charge in [0.05, 0.1) is 0 Å². The van der Waals surface area contributed by atoms with E-state index in [4.69, 9.17) is 0 Å². The van der Waals surface area contributed by atoms with E-state index in [-0.39, 0.29) is 35.9 Å². The normalized spacial score (nSPS) is 17.4. The highest BCUT2D eigenvalue weighted by Crippen LogP contribution is 2.31. The van der Waals surface area contributed by atoms with Gasteiger partial charge < -0.3 is 15.1 Å². The summed E-state index contributed by atoms with van der Waals surface area (Å²) >= 11 is 0. The zero-order valence-corrected chi connectivity index (χ0v) is 32.9. The number of unbranched alkanes of at least 4 members (excludes halogenated alkanes) is 16. The van der Waals surface area contributed by atoms with Crippen molar-refractivity contribution in [2.75, 3.05) is 19.6 Å². The fourth-order valence-corrected chi connectivity index (χ4v) is 8.55. The maximum absolute atomic E-state index is 14.7. The first-order valence-corrected chi connectivity index (χ1v) is 21.9. The second-order valence-corrected chi connectivity index (χ2v) is 15.9. The Morgan fingerprint density at radius 2 is 1.06 bits per heavy atom. The molecule has 1 saturated carbocycles. The van der Waals surface area contributed by atoms with Crippen molar-refractivity contribution in [1.82, 2.24) is 15.1 Å². The van der Waals surface area contributed by atoms with E-state index in [1.165, 1.54) is 135 Å². The van der Waals surface area contributed by atoms with Gasteiger partial charge in [0.1, 0.15) is 6.04 Å². The van der Waals surface area contributed by atoms with E-state index in [0.29, 0.717) is 6.42 Å². The molecule has 5 nitrogen and oxygen atoms in total. The molecule has 2 aliphatic rings. The van der Waals surface area contributed by atoms with Crippen LogP contribution in [0.3, 0.4) is 0 Å². The molecule has 0 aromatic heterocycles. The fraction of sp³-hybridized carbons (Fsp3) is 0.953. The molecule has 1 atom stereocenters. The Morgan fingerprint density at radius 1 is 0.604 bits per heavy atom. The quantitative estimate of drug-likeness (QED) is 0.0664. The van der Waals surface area contributed by atoms with E-state index < -0.39 is 0 Å². The molecule has 0 aromatic rings. The number of carbonyl (C=O) groups excluding carboxylic acids is 2. The van der Waals surface area contributed by atoms with Gasteiger partial charge in [-0.3, -0.25) is 9.59 Å². The van der Waals surface area contributed by atoms with E-state index in [1.807, 2.05) is 0 Å². The molecule has 0 bridgehead atoms. The van der Waals surface area contributed by atoms with Crippen molar-refractivity contribution in [3.05, 3.63) is 0 Å². The van der Waals surface area contributed by atoms with Crippen molar-refractivity contribution in [3.63, 3.8) is 0 Å². The highest BCUT2D eigenvalue weighted by atomic mass is 16.2. The van der Waals surface area contributed by atoms with Crippen molar-refractivity contribution in [1.29, 1.82) is 0 Å². The van der Waals surface area contributed by atoms with Gasteiger partial charge in [-0.25, -0.2) is 0 Å². The highest BCUT2D eigenvalue weighted by molar-refractivity contribution is 5.88. The number of carbonyl (C=O) groups is 2. The van der Waals surface area contributed by atoms with Crippen LogP contribution >= 0.6 is 0 Å². The van der Waals surface area contributed by atoms with Gasteiger partial charge >= 0.3 is 0 Å². The van der Waals surface area contributed by atoms with Crippen LogP contribution in [0.25, 0.3) is 0 Å². The van der Waals surface area contributed by atoms with Crippen LogP contribution in [0.4, 0.5) is 0 Å². The maximum Gasteiger partial charge on any atom is 0.243 e. The molecule has 5 heteroatoms. The Kier molecular flexibility index (Phi) is 25.6. The van der Waals surface area contributed by atoms with E-state index in [0.717, 1.165) is 71.0 Å². The molecule has 0 radical (unpaired) electrons. The zero-order chi connectivity index (χ0) is 34.7. The molecule has 1 aliphatic carbocycles. The van der Waals surface area contributed by atoms with Crippen LogP contribution in [0.15, 0.2) is 0 Å². The first-order valence-electron chi connectivity index (χ1n) is 21.9. The van der Waals surface area contributed by atoms with Crippen LogP contribution < -0.4 is 5.32 Å². The first kappa shape index (κ1) is 43.1. The summed E-state index contributed by atoms with van der Waals surface area (Å²) in [5, 5.41) is 3.60. The number of likely N-dealkylation sites (tertiary alicyclic amines) is 1. The molecule has 0 spiro atoms. The monoisotopic (exact) mass is 674 g/mol. The summed E-state index contributed by atoms with van der Waals surface area (Å²) in [7, 11) is 0. The van der Waals surface area contributed by atoms with Gasteiger partial charge in [-0.2, -0.15) is 0 Å². The SMILES string of the molecule is CCCCCCCCCCCC(=O)N(C(CCCCCCC)CCCCCCC)C(C(=O)NC1CCCCCC1)C1CCN(CC)CC1. The van der Waals surface area contributed by atoms with Gasteiger partial charge in [-0.1, -0.05) is 169 Å². The van der Waals surface area contributed by atoms with Crippen LogP contribution in [0.5, 0.6) is 0 Å². The Balaban J connectivity index is 2.29. The topological polar surface area (TPSA) is 52.7 Å². The summed E-state index contributed by atoms with van der Waals surface area (Å²) in [6.45, 7) is 12.3. The molecule has 1 heterocycles. The van der Waals surface area contributed by atoms with Crippen LogP contribution in [-0.2, 0) is 9.59 Å². The summed E-state index contributed by atoms with van der Waals surface area (Å²) in [6.07, 6.45) is 35.8. The summed E-state index contributed by atoms with van der Waals surface area (Å²) in [5.74, 6) is 0.719. The van der Waals surface area contributed by atoms with Crippen molar-refractivity contribution in [2.45, 2.75) is 238 Å².